The lowest BCUT2D eigenvalue weighted by molar-refractivity contribution is 0.00578. The molecule has 0 saturated carbocycles. The molecule has 1 atom stereocenters. The Morgan fingerprint density at radius 3 is 2.52 bits per heavy atom. The summed E-state index contributed by atoms with van der Waals surface area (Å²) in [4.78, 5) is 12.3. The maximum atomic E-state index is 14.1. The van der Waals surface area contributed by atoms with Gasteiger partial charge in [0.2, 0.25) is 0 Å². The van der Waals surface area contributed by atoms with Crippen molar-refractivity contribution in [3.05, 3.63) is 24.0 Å². The molecule has 0 aliphatic carbocycles. The van der Waals surface area contributed by atoms with Crippen LogP contribution in [0.4, 0.5) is 9.18 Å². The second-order valence-electron chi connectivity index (χ2n) is 7.51. The number of hydrogen-bond acceptors (Lipinski definition) is 4. The summed E-state index contributed by atoms with van der Waals surface area (Å²) in [5.41, 5.74) is -0.305. The molecule has 1 aromatic rings. The highest BCUT2D eigenvalue weighted by atomic mass is 19.1. The van der Waals surface area contributed by atoms with Crippen molar-refractivity contribution in [2.24, 2.45) is 0 Å². The van der Waals surface area contributed by atoms with Crippen LogP contribution in [0.5, 0.6) is 5.75 Å². The van der Waals surface area contributed by atoms with Crippen LogP contribution in [-0.2, 0) is 9.31 Å². The summed E-state index contributed by atoms with van der Waals surface area (Å²) in [7, 11) is -0.604. The number of rotatable bonds is 4. The monoisotopic (exact) mass is 351 g/mol. The minimum Gasteiger partial charge on any atom is -0.488 e. The quantitative estimate of drug-likeness (QED) is 0.843. The highest BCUT2D eigenvalue weighted by Crippen LogP contribution is 2.36. The van der Waals surface area contributed by atoms with Crippen LogP contribution < -0.4 is 10.2 Å². The smallest absolute Gasteiger partial charge is 0.488 e. The second kappa shape index (κ2) is 6.18. The first-order chi connectivity index (χ1) is 11.6. The average Bonchev–Trinajstić information content (AvgIpc) is 2.67. The number of nitrogens with zero attached hydrogens (tertiary/aromatic N) is 1. The molecule has 25 heavy (non-hydrogen) atoms. The lowest BCUT2D eigenvalue weighted by atomic mass is 9.79. The summed E-state index contributed by atoms with van der Waals surface area (Å²) in [6, 6.07) is 4.24. The van der Waals surface area contributed by atoms with Gasteiger partial charge in [-0.2, -0.15) is 0 Å². The molecule has 6 nitrogen and oxygen atoms in total. The van der Waals surface area contributed by atoms with Crippen LogP contribution in [0.25, 0.3) is 0 Å². The van der Waals surface area contributed by atoms with Gasteiger partial charge in [0.05, 0.1) is 17.2 Å². The molecule has 0 spiro atoms. The zero-order chi connectivity index (χ0) is 18.4. The van der Waals surface area contributed by atoms with E-state index in [9.17, 15) is 9.18 Å². The molecule has 0 bridgehead atoms. The number of hydrogen-bond donors (Lipinski definition) is 1. The van der Waals surface area contributed by atoms with Gasteiger partial charge in [-0.25, -0.2) is 9.18 Å². The van der Waals surface area contributed by atoms with Gasteiger partial charge in [-0.3, -0.25) is 0 Å². The van der Waals surface area contributed by atoms with Crippen LogP contribution in [0.3, 0.4) is 0 Å². The third kappa shape index (κ3) is 3.33. The molecule has 1 N–H and O–H groups in total. The van der Waals surface area contributed by atoms with Gasteiger partial charge in [-0.1, -0.05) is 6.07 Å². The van der Waals surface area contributed by atoms with Crippen molar-refractivity contribution < 1.29 is 28.3 Å². The van der Waals surface area contributed by atoms with Crippen LogP contribution in [-0.4, -0.2) is 53.6 Å². The molecule has 136 valence electrons. The summed E-state index contributed by atoms with van der Waals surface area (Å²) >= 11 is 0. The van der Waals surface area contributed by atoms with E-state index in [2.05, 4.69) is 0 Å². The number of carboxylic acid groups (broad SMARTS) is 1. The Morgan fingerprint density at radius 1 is 1.36 bits per heavy atom. The van der Waals surface area contributed by atoms with Crippen molar-refractivity contribution in [3.63, 3.8) is 0 Å². The molecule has 0 unspecified atom stereocenters. The lowest BCUT2D eigenvalue weighted by Gasteiger charge is -2.38. The molecule has 2 aliphatic rings. The van der Waals surface area contributed by atoms with Crippen LogP contribution >= 0.6 is 0 Å². The fourth-order valence-corrected chi connectivity index (χ4v) is 2.81. The summed E-state index contributed by atoms with van der Waals surface area (Å²) in [6.07, 6.45) is -0.267. The normalized spacial score (nSPS) is 24.1. The van der Waals surface area contributed by atoms with Gasteiger partial charge < -0.3 is 24.1 Å². The van der Waals surface area contributed by atoms with Crippen molar-refractivity contribution in [2.45, 2.75) is 51.4 Å². The van der Waals surface area contributed by atoms with Crippen molar-refractivity contribution in [1.82, 2.24) is 4.90 Å². The zero-order valence-corrected chi connectivity index (χ0v) is 14.9. The summed E-state index contributed by atoms with van der Waals surface area (Å²) in [6.45, 7) is 8.40. The number of amides is 1. The van der Waals surface area contributed by atoms with Crippen molar-refractivity contribution >= 4 is 18.7 Å². The standard InChI is InChI=1S/C17H23BFNO5/c1-16(2)17(3,4)25-18(24-16)11-5-6-13(19)14(9-11)23-10-12-7-8-20(12)15(21)22/h5-6,9,12H,7-8,10H2,1-4H3,(H,21,22)/t12-/m0/s1. The fourth-order valence-electron chi connectivity index (χ4n) is 2.81. The van der Waals surface area contributed by atoms with Gasteiger partial charge in [-0.05, 0) is 51.7 Å². The van der Waals surface area contributed by atoms with E-state index >= 15 is 0 Å². The van der Waals surface area contributed by atoms with Crippen molar-refractivity contribution in [3.8, 4) is 5.75 Å². The Labute approximate surface area is 147 Å². The Hall–Kier alpha value is -1.80. The molecule has 2 heterocycles. The molecule has 2 aliphatic heterocycles. The highest BCUT2D eigenvalue weighted by Gasteiger charge is 2.51. The summed E-state index contributed by atoms with van der Waals surface area (Å²) in [5, 5.41) is 9.00. The maximum Gasteiger partial charge on any atom is 0.494 e. The third-order valence-corrected chi connectivity index (χ3v) is 5.30. The van der Waals surface area contributed by atoms with E-state index in [1.165, 1.54) is 11.0 Å². The van der Waals surface area contributed by atoms with E-state index in [1.807, 2.05) is 27.7 Å². The Morgan fingerprint density at radius 2 is 2.00 bits per heavy atom. The van der Waals surface area contributed by atoms with E-state index in [0.29, 0.717) is 18.4 Å². The average molecular weight is 351 g/mol. The number of benzene rings is 1. The molecular formula is C17H23BFNO5. The van der Waals surface area contributed by atoms with Gasteiger partial charge in [0, 0.05) is 6.54 Å². The first-order valence-corrected chi connectivity index (χ1v) is 8.38. The largest absolute Gasteiger partial charge is 0.494 e. The van der Waals surface area contributed by atoms with Crippen LogP contribution in [0.1, 0.15) is 34.1 Å². The Kier molecular flexibility index (Phi) is 4.45. The predicted octanol–water partition coefficient (Wildman–Crippen LogP) is 2.26. The van der Waals surface area contributed by atoms with E-state index in [1.54, 1.807) is 12.1 Å². The molecule has 2 saturated heterocycles. The van der Waals surface area contributed by atoms with Crippen LogP contribution in [0.2, 0.25) is 0 Å². The van der Waals surface area contributed by atoms with Gasteiger partial charge >= 0.3 is 13.2 Å². The van der Waals surface area contributed by atoms with E-state index in [0.717, 1.165) is 0 Å². The zero-order valence-electron chi connectivity index (χ0n) is 14.9. The van der Waals surface area contributed by atoms with E-state index < -0.39 is 30.2 Å². The highest BCUT2D eigenvalue weighted by molar-refractivity contribution is 6.62. The molecular weight excluding hydrogens is 328 g/mol. The second-order valence-corrected chi connectivity index (χ2v) is 7.51. The third-order valence-electron chi connectivity index (χ3n) is 5.30. The molecule has 8 heteroatoms. The number of ether oxygens (including phenoxy) is 1. The number of halogens is 1. The molecule has 0 aromatic heterocycles. The topological polar surface area (TPSA) is 68.2 Å². The Balaban J connectivity index is 1.70. The summed E-state index contributed by atoms with van der Waals surface area (Å²) < 4.78 is 31.5. The van der Waals surface area contributed by atoms with E-state index in [-0.39, 0.29) is 18.4 Å². The predicted molar refractivity (Wildman–Crippen MR) is 90.7 cm³/mol. The Bertz CT molecular complexity index is 665. The van der Waals surface area contributed by atoms with Crippen molar-refractivity contribution in [1.29, 1.82) is 0 Å². The van der Waals surface area contributed by atoms with Gasteiger partial charge in [0.15, 0.2) is 11.6 Å². The fraction of sp³-hybridized carbons (Fsp3) is 0.588. The van der Waals surface area contributed by atoms with Crippen LogP contribution in [0, 0.1) is 5.82 Å². The summed E-state index contributed by atoms with van der Waals surface area (Å²) in [5.74, 6) is -0.425. The molecule has 0 radical (unpaired) electrons. The number of likely N-dealkylation sites (tertiary alicyclic amines) is 1. The van der Waals surface area contributed by atoms with Crippen LogP contribution in [0.15, 0.2) is 18.2 Å². The molecule has 1 amide bonds. The number of carbonyl (C=O) groups is 1. The molecule has 3 rings (SSSR count). The van der Waals surface area contributed by atoms with Gasteiger partial charge in [-0.15, -0.1) is 0 Å². The minimum absolute atomic E-state index is 0.0736. The first-order valence-electron chi connectivity index (χ1n) is 8.38. The maximum absolute atomic E-state index is 14.1. The van der Waals surface area contributed by atoms with Gasteiger partial charge in [0.25, 0.3) is 0 Å². The SMILES string of the molecule is CC1(C)OB(c2ccc(F)c(OC[C@@H]3CCN3C(=O)O)c2)OC1(C)C. The molecule has 1 aromatic carbocycles. The molecule has 2 fully saturated rings. The van der Waals surface area contributed by atoms with E-state index in [4.69, 9.17) is 19.2 Å². The lowest BCUT2D eigenvalue weighted by Crippen LogP contribution is -2.53. The first kappa shape index (κ1) is 18.0. The van der Waals surface area contributed by atoms with Crippen molar-refractivity contribution in [2.75, 3.05) is 13.2 Å². The van der Waals surface area contributed by atoms with Gasteiger partial charge in [0.1, 0.15) is 6.61 Å². The minimum atomic E-state index is -0.980.